The minimum atomic E-state index is -0.508. The van der Waals surface area contributed by atoms with Crippen LogP contribution in [0.4, 0.5) is 8.78 Å². The van der Waals surface area contributed by atoms with Gasteiger partial charge in [-0.15, -0.1) is 0 Å². The first-order chi connectivity index (χ1) is 9.54. The normalized spacial score (nSPS) is 21.2. The fourth-order valence-corrected chi connectivity index (χ4v) is 2.51. The Balaban J connectivity index is 1.96. The van der Waals surface area contributed by atoms with Gasteiger partial charge in [-0.3, -0.25) is 0 Å². The van der Waals surface area contributed by atoms with Crippen molar-refractivity contribution in [1.29, 1.82) is 0 Å². The minimum Gasteiger partial charge on any atom is -0.485 e. The lowest BCUT2D eigenvalue weighted by Crippen LogP contribution is -2.24. The highest BCUT2D eigenvalue weighted by Crippen LogP contribution is 2.40. The standard InChI is InChI=1S/C15H12ClF2NO/c16-11-4-1-8(5-12(11)18)14-7-13(19)10-3-2-9(17)6-15(10)20-14/h1-6,13-14H,7,19H2/t13-,14?/m0/s1. The average molecular weight is 296 g/mol. The molecule has 2 atom stereocenters. The van der Waals surface area contributed by atoms with Crippen LogP contribution in [0.2, 0.25) is 5.02 Å². The number of hydrogen-bond donors (Lipinski definition) is 1. The molecule has 20 heavy (non-hydrogen) atoms. The number of hydrogen-bond acceptors (Lipinski definition) is 2. The number of benzene rings is 2. The third kappa shape index (κ3) is 2.37. The molecule has 2 aromatic carbocycles. The predicted octanol–water partition coefficient (Wildman–Crippen LogP) is 4.14. The Morgan fingerprint density at radius 1 is 1.15 bits per heavy atom. The van der Waals surface area contributed by atoms with Gasteiger partial charge >= 0.3 is 0 Å². The Morgan fingerprint density at radius 3 is 2.70 bits per heavy atom. The summed E-state index contributed by atoms with van der Waals surface area (Å²) in [6, 6.07) is 8.48. The summed E-state index contributed by atoms with van der Waals surface area (Å²) < 4.78 is 32.5. The zero-order valence-corrected chi connectivity index (χ0v) is 11.2. The first-order valence-electron chi connectivity index (χ1n) is 6.21. The number of halogens is 3. The van der Waals surface area contributed by atoms with Crippen LogP contribution < -0.4 is 10.5 Å². The van der Waals surface area contributed by atoms with Gasteiger partial charge in [-0.1, -0.05) is 23.7 Å². The average Bonchev–Trinajstić information content (AvgIpc) is 2.41. The molecule has 5 heteroatoms. The van der Waals surface area contributed by atoms with Gasteiger partial charge in [0.05, 0.1) is 5.02 Å². The SMILES string of the molecule is N[C@H]1CC(c2ccc(Cl)c(F)c2)Oc2cc(F)ccc21. The van der Waals surface area contributed by atoms with Crippen molar-refractivity contribution in [3.05, 3.63) is 64.2 Å². The van der Waals surface area contributed by atoms with Crippen LogP contribution in [0.3, 0.4) is 0 Å². The van der Waals surface area contributed by atoms with Crippen LogP contribution in [0.5, 0.6) is 5.75 Å². The summed E-state index contributed by atoms with van der Waals surface area (Å²) in [5.74, 6) is -0.491. The summed E-state index contributed by atoms with van der Waals surface area (Å²) in [7, 11) is 0. The Morgan fingerprint density at radius 2 is 1.95 bits per heavy atom. The molecule has 0 amide bonds. The van der Waals surface area contributed by atoms with Crippen molar-refractivity contribution in [2.24, 2.45) is 5.73 Å². The van der Waals surface area contributed by atoms with Crippen LogP contribution in [0.15, 0.2) is 36.4 Å². The molecule has 3 rings (SSSR count). The van der Waals surface area contributed by atoms with E-state index in [-0.39, 0.29) is 16.9 Å². The van der Waals surface area contributed by atoms with Crippen molar-refractivity contribution in [2.45, 2.75) is 18.6 Å². The maximum atomic E-state index is 13.5. The van der Waals surface area contributed by atoms with Gasteiger partial charge in [0.15, 0.2) is 0 Å². The van der Waals surface area contributed by atoms with Gasteiger partial charge in [-0.2, -0.15) is 0 Å². The molecule has 104 valence electrons. The molecule has 1 unspecified atom stereocenters. The molecular formula is C15H12ClF2NO. The van der Waals surface area contributed by atoms with Gasteiger partial charge in [-0.25, -0.2) is 8.78 Å². The topological polar surface area (TPSA) is 35.2 Å². The monoisotopic (exact) mass is 295 g/mol. The maximum absolute atomic E-state index is 13.5. The summed E-state index contributed by atoms with van der Waals surface area (Å²) in [6.07, 6.45) is 0.0887. The van der Waals surface area contributed by atoms with Gasteiger partial charge in [-0.05, 0) is 23.8 Å². The second-order valence-electron chi connectivity index (χ2n) is 4.80. The highest BCUT2D eigenvalue weighted by Gasteiger charge is 2.27. The Kier molecular flexibility index (Phi) is 3.36. The molecular weight excluding hydrogens is 284 g/mol. The molecule has 0 saturated carbocycles. The summed E-state index contributed by atoms with van der Waals surface area (Å²) in [6.45, 7) is 0. The number of ether oxygens (including phenoxy) is 1. The molecule has 1 heterocycles. The summed E-state index contributed by atoms with van der Waals surface area (Å²) in [5, 5.41) is 0.0558. The van der Waals surface area contributed by atoms with E-state index < -0.39 is 11.9 Å². The Labute approximate surface area is 120 Å². The van der Waals surface area contributed by atoms with Crippen molar-refractivity contribution in [2.75, 3.05) is 0 Å². The molecule has 0 aliphatic carbocycles. The van der Waals surface area contributed by atoms with E-state index in [1.807, 2.05) is 0 Å². The molecule has 0 saturated heterocycles. The van der Waals surface area contributed by atoms with E-state index in [0.29, 0.717) is 17.7 Å². The van der Waals surface area contributed by atoms with E-state index in [0.717, 1.165) is 5.56 Å². The molecule has 0 spiro atoms. The lowest BCUT2D eigenvalue weighted by Gasteiger charge is -2.30. The van der Waals surface area contributed by atoms with Crippen molar-refractivity contribution >= 4 is 11.6 Å². The van der Waals surface area contributed by atoms with Gasteiger partial charge in [0.2, 0.25) is 0 Å². The van der Waals surface area contributed by atoms with Gasteiger partial charge in [0.25, 0.3) is 0 Å². The zero-order chi connectivity index (χ0) is 14.3. The molecule has 2 nitrogen and oxygen atoms in total. The van der Waals surface area contributed by atoms with Gasteiger partial charge in [0, 0.05) is 24.1 Å². The van der Waals surface area contributed by atoms with Crippen LogP contribution in [0.25, 0.3) is 0 Å². The summed E-state index contributed by atoms with van der Waals surface area (Å²) in [5.41, 5.74) is 7.47. The van der Waals surface area contributed by atoms with Crippen molar-refractivity contribution in [3.8, 4) is 5.75 Å². The summed E-state index contributed by atoms with van der Waals surface area (Å²) in [4.78, 5) is 0. The molecule has 2 aromatic rings. The van der Waals surface area contributed by atoms with E-state index in [1.165, 1.54) is 24.3 Å². The number of rotatable bonds is 1. The molecule has 0 aromatic heterocycles. The third-order valence-corrected chi connectivity index (χ3v) is 3.73. The Bertz CT molecular complexity index is 662. The van der Waals surface area contributed by atoms with Gasteiger partial charge < -0.3 is 10.5 Å². The van der Waals surface area contributed by atoms with E-state index in [4.69, 9.17) is 22.1 Å². The molecule has 0 bridgehead atoms. The van der Waals surface area contributed by atoms with E-state index in [1.54, 1.807) is 12.1 Å². The number of fused-ring (bicyclic) bond motifs is 1. The number of nitrogens with two attached hydrogens (primary N) is 1. The predicted molar refractivity (Wildman–Crippen MR) is 72.7 cm³/mol. The van der Waals surface area contributed by atoms with Crippen molar-refractivity contribution < 1.29 is 13.5 Å². The Hall–Kier alpha value is -1.65. The van der Waals surface area contributed by atoms with Crippen LogP contribution in [0, 0.1) is 11.6 Å². The lowest BCUT2D eigenvalue weighted by molar-refractivity contribution is 0.160. The summed E-state index contributed by atoms with van der Waals surface area (Å²) >= 11 is 5.66. The van der Waals surface area contributed by atoms with E-state index in [9.17, 15) is 8.78 Å². The smallest absolute Gasteiger partial charge is 0.142 e. The van der Waals surface area contributed by atoms with Crippen LogP contribution in [-0.4, -0.2) is 0 Å². The third-order valence-electron chi connectivity index (χ3n) is 3.43. The van der Waals surface area contributed by atoms with Gasteiger partial charge in [0.1, 0.15) is 23.5 Å². The molecule has 2 N–H and O–H groups in total. The van der Waals surface area contributed by atoms with Crippen molar-refractivity contribution in [1.82, 2.24) is 0 Å². The first-order valence-corrected chi connectivity index (χ1v) is 6.59. The van der Waals surface area contributed by atoms with Crippen molar-refractivity contribution in [3.63, 3.8) is 0 Å². The zero-order valence-electron chi connectivity index (χ0n) is 10.4. The highest BCUT2D eigenvalue weighted by atomic mass is 35.5. The quantitative estimate of drug-likeness (QED) is 0.858. The fraction of sp³-hybridized carbons (Fsp3) is 0.200. The molecule has 1 aliphatic heterocycles. The second kappa shape index (κ2) is 5.04. The second-order valence-corrected chi connectivity index (χ2v) is 5.21. The fourth-order valence-electron chi connectivity index (χ4n) is 2.39. The first kappa shape index (κ1) is 13.3. The van der Waals surface area contributed by atoms with Crippen LogP contribution in [-0.2, 0) is 0 Å². The molecule has 0 radical (unpaired) electrons. The maximum Gasteiger partial charge on any atom is 0.142 e. The lowest BCUT2D eigenvalue weighted by atomic mass is 9.93. The minimum absolute atomic E-state index is 0.0558. The largest absolute Gasteiger partial charge is 0.485 e. The van der Waals surface area contributed by atoms with Crippen LogP contribution in [0.1, 0.15) is 29.7 Å². The molecule has 1 aliphatic rings. The van der Waals surface area contributed by atoms with E-state index in [2.05, 4.69) is 0 Å². The van der Waals surface area contributed by atoms with Crippen LogP contribution >= 0.6 is 11.6 Å². The van der Waals surface area contributed by atoms with E-state index >= 15 is 0 Å². The highest BCUT2D eigenvalue weighted by molar-refractivity contribution is 6.30. The molecule has 0 fully saturated rings.